The van der Waals surface area contributed by atoms with E-state index in [1.165, 1.54) is 0 Å². The number of carboxylic acid groups (broad SMARTS) is 1. The number of benzene rings is 1. The quantitative estimate of drug-likeness (QED) is 0.736. The van der Waals surface area contributed by atoms with E-state index in [0.29, 0.717) is 16.7 Å². The first-order chi connectivity index (χ1) is 9.08. The van der Waals surface area contributed by atoms with Gasteiger partial charge in [-0.15, -0.1) is 0 Å². The summed E-state index contributed by atoms with van der Waals surface area (Å²) in [4.78, 5) is 11.1. The first-order valence-electron chi connectivity index (χ1n) is 5.72. The smallest absolute Gasteiger partial charge is 0.357 e. The van der Waals surface area contributed by atoms with Gasteiger partial charge in [0.2, 0.25) is 0 Å². The van der Waals surface area contributed by atoms with E-state index in [4.69, 9.17) is 9.63 Å². The highest BCUT2D eigenvalue weighted by Crippen LogP contribution is 2.30. The Bertz CT molecular complexity index is 766. The van der Waals surface area contributed by atoms with Crippen molar-refractivity contribution in [1.29, 1.82) is 0 Å². The molecule has 0 saturated carbocycles. The zero-order valence-corrected chi connectivity index (χ0v) is 10.4. The highest BCUT2D eigenvalue weighted by atomic mass is 16.5. The molecule has 0 radical (unpaired) electrons. The van der Waals surface area contributed by atoms with Gasteiger partial charge in [0.05, 0.1) is 11.2 Å². The Labute approximate surface area is 108 Å². The van der Waals surface area contributed by atoms with E-state index in [2.05, 4.69) is 15.4 Å². The normalized spacial score (nSPS) is 11.1. The minimum absolute atomic E-state index is 0.0172. The van der Waals surface area contributed by atoms with E-state index in [9.17, 15) is 4.79 Å². The van der Waals surface area contributed by atoms with Crippen molar-refractivity contribution in [3.8, 4) is 11.1 Å². The molecule has 0 unspecified atom stereocenters. The summed E-state index contributed by atoms with van der Waals surface area (Å²) in [5.74, 6) is -0.348. The Kier molecular flexibility index (Phi) is 2.38. The third-order valence-corrected chi connectivity index (χ3v) is 3.09. The van der Waals surface area contributed by atoms with Gasteiger partial charge in [-0.25, -0.2) is 4.79 Å². The molecule has 0 aliphatic carbocycles. The minimum Gasteiger partial charge on any atom is -0.476 e. The second-order valence-electron chi connectivity index (χ2n) is 4.34. The molecule has 0 aliphatic heterocycles. The van der Waals surface area contributed by atoms with Crippen LogP contribution in [0.3, 0.4) is 0 Å². The molecular weight excluding hydrogens is 246 g/mol. The Balaban J connectivity index is 2.26. The molecule has 0 fully saturated rings. The van der Waals surface area contributed by atoms with Gasteiger partial charge >= 0.3 is 5.97 Å². The Morgan fingerprint density at radius 2 is 2.16 bits per heavy atom. The number of rotatable bonds is 2. The summed E-state index contributed by atoms with van der Waals surface area (Å²) < 4.78 is 5.13. The standard InChI is InChI=1S/C13H11N3O3/c1-6-11(7(2)19-16-6)8-3-4-10-9(5-8)12(13(17)18)15-14-10/h3-5H,1-2H3,(H,14,15)(H,17,18). The molecule has 2 aromatic heterocycles. The van der Waals surface area contributed by atoms with Crippen molar-refractivity contribution in [2.45, 2.75) is 13.8 Å². The van der Waals surface area contributed by atoms with Crippen molar-refractivity contribution < 1.29 is 14.4 Å². The number of H-pyrrole nitrogens is 1. The lowest BCUT2D eigenvalue weighted by molar-refractivity contribution is 0.0692. The van der Waals surface area contributed by atoms with Crippen LogP contribution in [-0.4, -0.2) is 26.4 Å². The number of aromatic carboxylic acids is 1. The van der Waals surface area contributed by atoms with Crippen LogP contribution >= 0.6 is 0 Å². The van der Waals surface area contributed by atoms with E-state index >= 15 is 0 Å². The summed E-state index contributed by atoms with van der Waals surface area (Å²) in [6, 6.07) is 5.48. The fraction of sp³-hybridized carbons (Fsp3) is 0.154. The van der Waals surface area contributed by atoms with Crippen LogP contribution in [0.25, 0.3) is 22.0 Å². The van der Waals surface area contributed by atoms with Crippen molar-refractivity contribution in [1.82, 2.24) is 15.4 Å². The predicted octanol–water partition coefficient (Wildman–Crippen LogP) is 2.53. The third-order valence-electron chi connectivity index (χ3n) is 3.09. The maximum absolute atomic E-state index is 11.1. The highest BCUT2D eigenvalue weighted by Gasteiger charge is 2.16. The monoisotopic (exact) mass is 257 g/mol. The predicted molar refractivity (Wildman–Crippen MR) is 68.0 cm³/mol. The molecule has 0 amide bonds. The number of hydrogen-bond acceptors (Lipinski definition) is 4. The molecule has 3 aromatic rings. The first kappa shape index (κ1) is 11.5. The van der Waals surface area contributed by atoms with Gasteiger partial charge in [0.25, 0.3) is 0 Å². The number of nitrogens with one attached hydrogen (secondary N) is 1. The molecule has 3 rings (SSSR count). The molecule has 0 atom stereocenters. The average molecular weight is 257 g/mol. The van der Waals surface area contributed by atoms with Gasteiger partial charge in [-0.3, -0.25) is 5.10 Å². The SMILES string of the molecule is Cc1noc(C)c1-c1ccc2[nH]nc(C(=O)O)c2c1. The number of nitrogens with zero attached hydrogens (tertiary/aromatic N) is 2. The Morgan fingerprint density at radius 3 is 2.79 bits per heavy atom. The molecule has 6 heteroatoms. The minimum atomic E-state index is -1.05. The number of carbonyl (C=O) groups is 1. The molecular formula is C13H11N3O3. The molecule has 0 aliphatic rings. The third kappa shape index (κ3) is 1.69. The first-order valence-corrected chi connectivity index (χ1v) is 5.72. The maximum Gasteiger partial charge on any atom is 0.357 e. The van der Waals surface area contributed by atoms with Crippen LogP contribution in [0.4, 0.5) is 0 Å². The zero-order chi connectivity index (χ0) is 13.6. The van der Waals surface area contributed by atoms with E-state index in [-0.39, 0.29) is 5.69 Å². The maximum atomic E-state index is 11.1. The van der Waals surface area contributed by atoms with E-state index in [1.807, 2.05) is 19.9 Å². The van der Waals surface area contributed by atoms with Crippen molar-refractivity contribution >= 4 is 16.9 Å². The lowest BCUT2D eigenvalue weighted by Crippen LogP contribution is -1.96. The summed E-state index contributed by atoms with van der Waals surface area (Å²) in [5, 5.41) is 20.1. The van der Waals surface area contributed by atoms with Crippen molar-refractivity contribution in [3.63, 3.8) is 0 Å². The summed E-state index contributed by atoms with van der Waals surface area (Å²) in [5.41, 5.74) is 3.24. The fourth-order valence-corrected chi connectivity index (χ4v) is 2.23. The number of aromatic amines is 1. The lowest BCUT2D eigenvalue weighted by Gasteiger charge is -2.00. The van der Waals surface area contributed by atoms with Gasteiger partial charge in [0.1, 0.15) is 5.76 Å². The summed E-state index contributed by atoms with van der Waals surface area (Å²) >= 11 is 0. The fourth-order valence-electron chi connectivity index (χ4n) is 2.23. The molecule has 0 bridgehead atoms. The van der Waals surface area contributed by atoms with E-state index < -0.39 is 5.97 Å². The second kappa shape index (κ2) is 3.94. The van der Waals surface area contributed by atoms with E-state index in [1.54, 1.807) is 12.1 Å². The topological polar surface area (TPSA) is 92.0 Å². The zero-order valence-electron chi connectivity index (χ0n) is 10.4. The van der Waals surface area contributed by atoms with Gasteiger partial charge in [0, 0.05) is 10.9 Å². The van der Waals surface area contributed by atoms with Gasteiger partial charge in [0.15, 0.2) is 5.69 Å². The van der Waals surface area contributed by atoms with Crippen LogP contribution in [-0.2, 0) is 0 Å². The molecule has 2 N–H and O–H groups in total. The summed E-state index contributed by atoms with van der Waals surface area (Å²) in [6.45, 7) is 3.68. The number of hydrogen-bond donors (Lipinski definition) is 2. The van der Waals surface area contributed by atoms with Gasteiger partial charge in [-0.1, -0.05) is 11.2 Å². The molecule has 0 spiro atoms. The summed E-state index contributed by atoms with van der Waals surface area (Å²) in [7, 11) is 0. The molecule has 6 nitrogen and oxygen atoms in total. The van der Waals surface area contributed by atoms with Gasteiger partial charge in [-0.2, -0.15) is 5.10 Å². The number of carboxylic acids is 1. The van der Waals surface area contributed by atoms with Crippen molar-refractivity contribution in [2.24, 2.45) is 0 Å². The van der Waals surface area contributed by atoms with Gasteiger partial charge < -0.3 is 9.63 Å². The molecule has 19 heavy (non-hydrogen) atoms. The number of fused-ring (bicyclic) bond motifs is 1. The average Bonchev–Trinajstić information content (AvgIpc) is 2.92. The van der Waals surface area contributed by atoms with E-state index in [0.717, 1.165) is 16.8 Å². The van der Waals surface area contributed by atoms with Crippen molar-refractivity contribution in [3.05, 3.63) is 35.3 Å². The molecule has 2 heterocycles. The van der Waals surface area contributed by atoms with Gasteiger partial charge in [-0.05, 0) is 31.5 Å². The Morgan fingerprint density at radius 1 is 1.37 bits per heavy atom. The lowest BCUT2D eigenvalue weighted by atomic mass is 10.0. The summed E-state index contributed by atoms with van der Waals surface area (Å²) in [6.07, 6.45) is 0. The van der Waals surface area contributed by atoms with Crippen LogP contribution in [0, 0.1) is 13.8 Å². The van der Waals surface area contributed by atoms with Crippen molar-refractivity contribution in [2.75, 3.05) is 0 Å². The molecule has 0 saturated heterocycles. The molecule has 96 valence electrons. The van der Waals surface area contributed by atoms with Crippen LogP contribution < -0.4 is 0 Å². The number of aromatic nitrogens is 3. The highest BCUT2D eigenvalue weighted by molar-refractivity contribution is 6.02. The van der Waals surface area contributed by atoms with Crippen LogP contribution in [0.1, 0.15) is 21.9 Å². The van der Waals surface area contributed by atoms with Crippen LogP contribution in [0.2, 0.25) is 0 Å². The largest absolute Gasteiger partial charge is 0.476 e. The second-order valence-corrected chi connectivity index (χ2v) is 4.34. The number of aryl methyl sites for hydroxylation is 2. The molecule has 1 aromatic carbocycles. The Hall–Kier alpha value is -2.63. The van der Waals surface area contributed by atoms with Crippen LogP contribution in [0.5, 0.6) is 0 Å². The van der Waals surface area contributed by atoms with Crippen LogP contribution in [0.15, 0.2) is 22.7 Å².